The molecule has 0 unspecified atom stereocenters. The first-order valence-electron chi connectivity index (χ1n) is 5.90. The number of aryl methyl sites for hydroxylation is 1. The highest BCUT2D eigenvalue weighted by atomic mass is 32.2. The van der Waals surface area contributed by atoms with E-state index in [0.29, 0.717) is 5.92 Å². The summed E-state index contributed by atoms with van der Waals surface area (Å²) < 4.78 is 0. The number of nitrogens with zero attached hydrogens (tertiary/aromatic N) is 2. The van der Waals surface area contributed by atoms with Crippen LogP contribution in [0.5, 0.6) is 0 Å². The normalized spacial score (nSPS) is 10.8. The maximum atomic E-state index is 4.52. The van der Waals surface area contributed by atoms with Crippen LogP contribution >= 0.6 is 11.8 Å². The molecule has 1 rings (SSSR count). The second-order valence-corrected chi connectivity index (χ2v) is 5.14. The highest BCUT2D eigenvalue weighted by Gasteiger charge is 2.04. The summed E-state index contributed by atoms with van der Waals surface area (Å²) >= 11 is 1.81. The largest absolute Gasteiger partial charge is 0.370 e. The van der Waals surface area contributed by atoms with E-state index in [9.17, 15) is 0 Å². The number of rotatable bonds is 6. The lowest BCUT2D eigenvalue weighted by atomic mass is 10.3. The third-order valence-corrected chi connectivity index (χ3v) is 3.33. The lowest BCUT2D eigenvalue weighted by Gasteiger charge is -2.08. The van der Waals surface area contributed by atoms with E-state index in [1.165, 1.54) is 0 Å². The Hall–Kier alpha value is -0.770. The van der Waals surface area contributed by atoms with Crippen molar-refractivity contribution >= 4 is 17.6 Å². The second kappa shape index (κ2) is 6.74. The first-order valence-corrected chi connectivity index (χ1v) is 6.88. The van der Waals surface area contributed by atoms with E-state index in [1.54, 1.807) is 11.8 Å². The lowest BCUT2D eigenvalue weighted by Crippen LogP contribution is -2.04. The molecule has 1 N–H and O–H groups in total. The van der Waals surface area contributed by atoms with E-state index >= 15 is 0 Å². The summed E-state index contributed by atoms with van der Waals surface area (Å²) in [5.41, 5.74) is 0. The third kappa shape index (κ3) is 4.39. The van der Waals surface area contributed by atoms with Crippen LogP contribution in [0.15, 0.2) is 11.1 Å². The lowest BCUT2D eigenvalue weighted by molar-refractivity contribution is 0.748. The van der Waals surface area contributed by atoms with Crippen molar-refractivity contribution in [3.05, 3.63) is 11.9 Å². The molecule has 0 radical (unpaired) electrons. The Morgan fingerprint density at radius 2 is 2.06 bits per heavy atom. The maximum absolute atomic E-state index is 4.52. The van der Waals surface area contributed by atoms with Crippen molar-refractivity contribution < 1.29 is 0 Å². The van der Waals surface area contributed by atoms with Gasteiger partial charge in [0.1, 0.15) is 16.7 Å². The van der Waals surface area contributed by atoms with Gasteiger partial charge in [0.25, 0.3) is 0 Å². The molecule has 0 aromatic carbocycles. The summed E-state index contributed by atoms with van der Waals surface area (Å²) in [5.74, 6) is 3.66. The minimum Gasteiger partial charge on any atom is -0.370 e. The Bertz CT molecular complexity index is 326. The minimum atomic E-state index is 0.688. The maximum Gasteiger partial charge on any atom is 0.131 e. The van der Waals surface area contributed by atoms with Crippen LogP contribution in [0.4, 0.5) is 5.82 Å². The third-order valence-electron chi connectivity index (χ3n) is 1.99. The van der Waals surface area contributed by atoms with E-state index in [2.05, 4.69) is 43.0 Å². The first kappa shape index (κ1) is 13.3. The van der Waals surface area contributed by atoms with Gasteiger partial charge in [-0.1, -0.05) is 20.8 Å². The second-order valence-electron chi connectivity index (χ2n) is 4.10. The van der Waals surface area contributed by atoms with Crippen LogP contribution in [-0.2, 0) is 6.42 Å². The van der Waals surface area contributed by atoms with E-state index in [0.717, 1.165) is 35.4 Å². The number of nitrogens with one attached hydrogen (secondary N) is 1. The fourth-order valence-corrected chi connectivity index (χ4v) is 2.10. The summed E-state index contributed by atoms with van der Waals surface area (Å²) in [6, 6.07) is 2.04. The number of hydrogen-bond donors (Lipinski definition) is 1. The number of thioether (sulfide) groups is 1. The first-order chi connectivity index (χ1) is 7.65. The Balaban J connectivity index is 2.77. The molecule has 90 valence electrons. The zero-order valence-corrected chi connectivity index (χ0v) is 11.4. The highest BCUT2D eigenvalue weighted by molar-refractivity contribution is 7.99. The summed E-state index contributed by atoms with van der Waals surface area (Å²) in [6.45, 7) is 9.51. The molecule has 4 heteroatoms. The SMILES string of the molecule is CCNc1cc(SCC(C)C)nc(CC)n1. The van der Waals surface area contributed by atoms with E-state index < -0.39 is 0 Å². The molecule has 0 spiro atoms. The smallest absolute Gasteiger partial charge is 0.131 e. The molecule has 0 aliphatic carbocycles. The highest BCUT2D eigenvalue weighted by Crippen LogP contribution is 2.21. The zero-order valence-electron chi connectivity index (χ0n) is 10.6. The minimum absolute atomic E-state index is 0.688. The van der Waals surface area contributed by atoms with Gasteiger partial charge in [0.2, 0.25) is 0 Å². The molecule has 0 atom stereocenters. The van der Waals surface area contributed by atoms with Crippen LogP contribution < -0.4 is 5.32 Å². The molecule has 0 saturated heterocycles. The Morgan fingerprint density at radius 1 is 1.31 bits per heavy atom. The molecule has 1 aromatic heterocycles. The topological polar surface area (TPSA) is 37.8 Å². The predicted octanol–water partition coefficient (Wildman–Crippen LogP) is 3.22. The molecule has 0 amide bonds. The van der Waals surface area contributed by atoms with Crippen molar-refractivity contribution in [3.63, 3.8) is 0 Å². The molecule has 16 heavy (non-hydrogen) atoms. The average molecular weight is 239 g/mol. The van der Waals surface area contributed by atoms with Gasteiger partial charge in [-0.25, -0.2) is 9.97 Å². The van der Waals surface area contributed by atoms with Gasteiger partial charge in [0.05, 0.1) is 0 Å². The summed E-state index contributed by atoms with van der Waals surface area (Å²) in [5, 5.41) is 4.33. The van der Waals surface area contributed by atoms with Crippen molar-refractivity contribution in [2.75, 3.05) is 17.6 Å². The molecule has 0 saturated carbocycles. The molecular formula is C12H21N3S. The quantitative estimate of drug-likeness (QED) is 0.611. The molecule has 0 aliphatic heterocycles. The van der Waals surface area contributed by atoms with Crippen LogP contribution in [0, 0.1) is 5.92 Å². The van der Waals surface area contributed by atoms with Crippen LogP contribution in [0.1, 0.15) is 33.5 Å². The van der Waals surface area contributed by atoms with Crippen molar-refractivity contribution in [1.82, 2.24) is 9.97 Å². The van der Waals surface area contributed by atoms with Gasteiger partial charge in [-0.05, 0) is 12.8 Å². The standard InChI is InChI=1S/C12H21N3S/c1-5-10-14-11(13-6-2)7-12(15-10)16-8-9(3)4/h7,9H,5-6,8H2,1-4H3,(H,13,14,15). The van der Waals surface area contributed by atoms with Crippen molar-refractivity contribution in [2.24, 2.45) is 5.92 Å². The molecule has 3 nitrogen and oxygen atoms in total. The summed E-state index contributed by atoms with van der Waals surface area (Å²) in [6.07, 6.45) is 0.883. The van der Waals surface area contributed by atoms with Crippen molar-refractivity contribution in [3.8, 4) is 0 Å². The number of aromatic nitrogens is 2. The van der Waals surface area contributed by atoms with Gasteiger partial charge in [-0.15, -0.1) is 11.8 Å². The fourth-order valence-electron chi connectivity index (χ4n) is 1.23. The van der Waals surface area contributed by atoms with E-state index in [4.69, 9.17) is 0 Å². The average Bonchev–Trinajstić information content (AvgIpc) is 2.26. The van der Waals surface area contributed by atoms with Crippen LogP contribution in [-0.4, -0.2) is 22.3 Å². The molecular weight excluding hydrogens is 218 g/mol. The zero-order chi connectivity index (χ0) is 12.0. The fraction of sp³-hybridized carbons (Fsp3) is 0.667. The van der Waals surface area contributed by atoms with Crippen LogP contribution in [0.3, 0.4) is 0 Å². The van der Waals surface area contributed by atoms with Crippen LogP contribution in [0.2, 0.25) is 0 Å². The van der Waals surface area contributed by atoms with Gasteiger partial charge in [-0.2, -0.15) is 0 Å². The summed E-state index contributed by atoms with van der Waals surface area (Å²) in [7, 11) is 0. The summed E-state index contributed by atoms with van der Waals surface area (Å²) in [4.78, 5) is 8.95. The monoisotopic (exact) mass is 239 g/mol. The van der Waals surface area contributed by atoms with Gasteiger partial charge >= 0.3 is 0 Å². The van der Waals surface area contributed by atoms with Gasteiger partial charge in [0.15, 0.2) is 0 Å². The molecule has 1 aromatic rings. The van der Waals surface area contributed by atoms with Crippen molar-refractivity contribution in [1.29, 1.82) is 0 Å². The Labute approximate surface area is 102 Å². The van der Waals surface area contributed by atoms with E-state index in [1.807, 2.05) is 6.07 Å². The number of hydrogen-bond acceptors (Lipinski definition) is 4. The molecule has 0 bridgehead atoms. The van der Waals surface area contributed by atoms with E-state index in [-0.39, 0.29) is 0 Å². The molecule has 1 heterocycles. The van der Waals surface area contributed by atoms with Crippen LogP contribution in [0.25, 0.3) is 0 Å². The molecule has 0 aliphatic rings. The predicted molar refractivity (Wildman–Crippen MR) is 71.1 cm³/mol. The molecule has 0 fully saturated rings. The Kier molecular flexibility index (Phi) is 5.60. The Morgan fingerprint density at radius 3 is 2.62 bits per heavy atom. The van der Waals surface area contributed by atoms with Gasteiger partial charge in [0, 0.05) is 24.8 Å². The van der Waals surface area contributed by atoms with Gasteiger partial charge < -0.3 is 5.32 Å². The number of anilines is 1. The van der Waals surface area contributed by atoms with Gasteiger partial charge in [-0.3, -0.25) is 0 Å². The van der Waals surface area contributed by atoms with Crippen molar-refractivity contribution in [2.45, 2.75) is 39.1 Å².